The molecule has 1 aromatic carbocycles. The topological polar surface area (TPSA) is 59.6 Å². The molecule has 0 unspecified atom stereocenters. The molecule has 2 N–H and O–H groups in total. The predicted octanol–water partition coefficient (Wildman–Crippen LogP) is 2.04. The summed E-state index contributed by atoms with van der Waals surface area (Å²) in [7, 11) is 1.64. The molecule has 0 saturated heterocycles. The van der Waals surface area contributed by atoms with Gasteiger partial charge in [0.05, 0.1) is 13.2 Å². The molecule has 0 spiro atoms. The molecular formula is C15H24N2O3. The van der Waals surface area contributed by atoms with Gasteiger partial charge in [-0.05, 0) is 18.6 Å². The van der Waals surface area contributed by atoms with Crippen molar-refractivity contribution < 1.29 is 14.3 Å². The predicted molar refractivity (Wildman–Crippen MR) is 80.2 cm³/mol. The number of anilines is 1. The van der Waals surface area contributed by atoms with Crippen molar-refractivity contribution in [1.82, 2.24) is 5.32 Å². The first-order valence-corrected chi connectivity index (χ1v) is 6.98. The summed E-state index contributed by atoms with van der Waals surface area (Å²) in [6.45, 7) is 4.16. The highest BCUT2D eigenvalue weighted by Gasteiger charge is 2.01. The van der Waals surface area contributed by atoms with Gasteiger partial charge >= 0.3 is 0 Å². The first kappa shape index (κ1) is 16.3. The number of hydrogen-bond donors (Lipinski definition) is 2. The minimum Gasteiger partial charge on any atom is -0.491 e. The van der Waals surface area contributed by atoms with Gasteiger partial charge < -0.3 is 20.1 Å². The smallest absolute Gasteiger partial charge is 0.239 e. The monoisotopic (exact) mass is 280 g/mol. The zero-order valence-corrected chi connectivity index (χ0v) is 12.3. The summed E-state index contributed by atoms with van der Waals surface area (Å²) in [6.07, 6.45) is 2.09. The second-order valence-corrected chi connectivity index (χ2v) is 4.43. The summed E-state index contributed by atoms with van der Waals surface area (Å²) < 4.78 is 10.4. The maximum absolute atomic E-state index is 11.6. The van der Waals surface area contributed by atoms with Gasteiger partial charge in [0.2, 0.25) is 5.91 Å². The molecule has 5 nitrogen and oxygen atoms in total. The van der Waals surface area contributed by atoms with E-state index < -0.39 is 0 Å². The molecule has 0 saturated carbocycles. The quantitative estimate of drug-likeness (QED) is 0.644. The summed E-state index contributed by atoms with van der Waals surface area (Å²) in [4.78, 5) is 11.6. The lowest BCUT2D eigenvalue weighted by Crippen LogP contribution is -2.30. The number of ether oxygens (including phenoxy) is 2. The van der Waals surface area contributed by atoms with Crippen LogP contribution in [0.1, 0.15) is 19.8 Å². The molecule has 1 aromatic rings. The minimum absolute atomic E-state index is 0.00385. The molecule has 5 heteroatoms. The van der Waals surface area contributed by atoms with Crippen LogP contribution in [0.25, 0.3) is 0 Å². The Morgan fingerprint density at radius 1 is 1.30 bits per heavy atom. The van der Waals surface area contributed by atoms with Crippen molar-refractivity contribution in [1.29, 1.82) is 0 Å². The zero-order chi connectivity index (χ0) is 14.6. The van der Waals surface area contributed by atoms with Gasteiger partial charge in [-0.15, -0.1) is 0 Å². The Morgan fingerprint density at radius 3 is 2.90 bits per heavy atom. The molecule has 1 rings (SSSR count). The Morgan fingerprint density at radius 2 is 2.15 bits per heavy atom. The van der Waals surface area contributed by atoms with Crippen molar-refractivity contribution in [2.75, 3.05) is 38.7 Å². The summed E-state index contributed by atoms with van der Waals surface area (Å²) >= 11 is 0. The van der Waals surface area contributed by atoms with E-state index in [1.54, 1.807) is 7.11 Å². The summed E-state index contributed by atoms with van der Waals surface area (Å²) in [5.41, 5.74) is 0.866. The average Bonchev–Trinajstić information content (AvgIpc) is 2.46. The van der Waals surface area contributed by atoms with E-state index in [1.807, 2.05) is 24.3 Å². The van der Waals surface area contributed by atoms with Crippen LogP contribution in [0.4, 0.5) is 5.69 Å². The van der Waals surface area contributed by atoms with Crippen LogP contribution in [0.5, 0.6) is 5.75 Å². The third-order valence-corrected chi connectivity index (χ3v) is 2.70. The lowest BCUT2D eigenvalue weighted by atomic mass is 10.3. The van der Waals surface area contributed by atoms with E-state index in [2.05, 4.69) is 17.6 Å². The van der Waals surface area contributed by atoms with Crippen LogP contribution in [0.15, 0.2) is 24.3 Å². The first-order valence-electron chi connectivity index (χ1n) is 6.98. The minimum atomic E-state index is 0.00385. The molecule has 0 aliphatic heterocycles. The Hall–Kier alpha value is -1.75. The molecular weight excluding hydrogens is 256 g/mol. The second kappa shape index (κ2) is 10.1. The number of amides is 1. The Bertz CT molecular complexity index is 396. The van der Waals surface area contributed by atoms with E-state index in [0.29, 0.717) is 13.2 Å². The fourth-order valence-electron chi connectivity index (χ4n) is 1.59. The van der Waals surface area contributed by atoms with Crippen molar-refractivity contribution in [3.63, 3.8) is 0 Å². The van der Waals surface area contributed by atoms with Gasteiger partial charge in [0, 0.05) is 25.4 Å². The Kier molecular flexibility index (Phi) is 8.22. The zero-order valence-electron chi connectivity index (χ0n) is 12.3. The van der Waals surface area contributed by atoms with E-state index in [0.717, 1.165) is 30.8 Å². The number of methoxy groups -OCH3 is 1. The van der Waals surface area contributed by atoms with Crippen LogP contribution in [0.3, 0.4) is 0 Å². The average molecular weight is 280 g/mol. The van der Waals surface area contributed by atoms with Gasteiger partial charge in [0.25, 0.3) is 0 Å². The number of nitrogens with one attached hydrogen (secondary N) is 2. The number of carbonyl (C=O) groups excluding carboxylic acids is 1. The lowest BCUT2D eigenvalue weighted by Gasteiger charge is -2.10. The second-order valence-electron chi connectivity index (χ2n) is 4.43. The van der Waals surface area contributed by atoms with Crippen LogP contribution >= 0.6 is 0 Å². The van der Waals surface area contributed by atoms with Crippen molar-refractivity contribution >= 4 is 11.6 Å². The molecule has 0 heterocycles. The molecule has 112 valence electrons. The van der Waals surface area contributed by atoms with Crippen molar-refractivity contribution in [3.8, 4) is 5.75 Å². The fraction of sp³-hybridized carbons (Fsp3) is 0.533. The third-order valence-electron chi connectivity index (χ3n) is 2.70. The van der Waals surface area contributed by atoms with Crippen molar-refractivity contribution in [2.45, 2.75) is 19.8 Å². The molecule has 0 radical (unpaired) electrons. The molecule has 0 aromatic heterocycles. The summed E-state index contributed by atoms with van der Waals surface area (Å²) in [5, 5.41) is 5.94. The van der Waals surface area contributed by atoms with Crippen LogP contribution in [-0.2, 0) is 9.53 Å². The van der Waals surface area contributed by atoms with E-state index in [1.165, 1.54) is 0 Å². The number of benzene rings is 1. The van der Waals surface area contributed by atoms with Crippen molar-refractivity contribution in [3.05, 3.63) is 24.3 Å². The molecule has 20 heavy (non-hydrogen) atoms. The van der Waals surface area contributed by atoms with Crippen LogP contribution in [-0.4, -0.2) is 39.3 Å². The molecule has 0 fully saturated rings. The van der Waals surface area contributed by atoms with Gasteiger partial charge in [-0.2, -0.15) is 0 Å². The largest absolute Gasteiger partial charge is 0.491 e. The molecule has 0 bridgehead atoms. The number of carbonyl (C=O) groups is 1. The third kappa shape index (κ3) is 6.99. The van der Waals surface area contributed by atoms with Gasteiger partial charge in [0.1, 0.15) is 12.4 Å². The summed E-state index contributed by atoms with van der Waals surface area (Å²) in [5.74, 6) is 0.766. The van der Waals surface area contributed by atoms with Gasteiger partial charge in [-0.25, -0.2) is 0 Å². The van der Waals surface area contributed by atoms with Gasteiger partial charge in [0.15, 0.2) is 0 Å². The highest BCUT2D eigenvalue weighted by molar-refractivity contribution is 5.80. The molecule has 0 aliphatic carbocycles. The molecule has 1 amide bonds. The lowest BCUT2D eigenvalue weighted by molar-refractivity contribution is -0.119. The fourth-order valence-corrected chi connectivity index (χ4v) is 1.59. The Labute approximate surface area is 120 Å². The maximum Gasteiger partial charge on any atom is 0.239 e. The Balaban J connectivity index is 2.32. The number of rotatable bonds is 10. The standard InChI is InChI=1S/C15H24N2O3/c1-3-4-8-16-15(18)12-17-13-6-5-7-14(11-13)20-10-9-19-2/h5-7,11,17H,3-4,8-10,12H2,1-2H3,(H,16,18). The first-order chi connectivity index (χ1) is 9.76. The van der Waals surface area contributed by atoms with Gasteiger partial charge in [-0.3, -0.25) is 4.79 Å². The maximum atomic E-state index is 11.6. The van der Waals surface area contributed by atoms with Crippen LogP contribution in [0.2, 0.25) is 0 Å². The van der Waals surface area contributed by atoms with E-state index in [-0.39, 0.29) is 12.5 Å². The summed E-state index contributed by atoms with van der Waals surface area (Å²) in [6, 6.07) is 7.54. The SMILES string of the molecule is CCCCNC(=O)CNc1cccc(OCCOC)c1. The van der Waals surface area contributed by atoms with Gasteiger partial charge in [-0.1, -0.05) is 19.4 Å². The highest BCUT2D eigenvalue weighted by atomic mass is 16.5. The van der Waals surface area contributed by atoms with Crippen molar-refractivity contribution in [2.24, 2.45) is 0 Å². The van der Waals surface area contributed by atoms with Crippen LogP contribution in [0, 0.1) is 0 Å². The van der Waals surface area contributed by atoms with E-state index >= 15 is 0 Å². The highest BCUT2D eigenvalue weighted by Crippen LogP contribution is 2.16. The number of hydrogen-bond acceptors (Lipinski definition) is 4. The normalized spacial score (nSPS) is 10.1. The van der Waals surface area contributed by atoms with E-state index in [9.17, 15) is 4.79 Å². The molecule has 0 atom stereocenters. The number of unbranched alkanes of at least 4 members (excludes halogenated alkanes) is 1. The van der Waals surface area contributed by atoms with Crippen LogP contribution < -0.4 is 15.4 Å². The molecule has 0 aliphatic rings. The van der Waals surface area contributed by atoms with E-state index in [4.69, 9.17) is 9.47 Å².